The van der Waals surface area contributed by atoms with Gasteiger partial charge < -0.3 is 15.2 Å². The molecule has 2 N–H and O–H groups in total. The first-order chi connectivity index (χ1) is 15.0. The number of aromatic nitrogens is 4. The third kappa shape index (κ3) is 3.75. The molecule has 0 unspecified atom stereocenters. The highest BCUT2D eigenvalue weighted by atomic mass is 35.5. The molecule has 0 saturated carbocycles. The van der Waals surface area contributed by atoms with Crippen LogP contribution in [0.4, 0.5) is 5.82 Å². The van der Waals surface area contributed by atoms with Gasteiger partial charge in [-0.25, -0.2) is 9.97 Å². The average molecular weight is 453 g/mol. The number of aromatic amines is 1. The van der Waals surface area contributed by atoms with E-state index >= 15 is 0 Å². The molecule has 4 heterocycles. The number of nitrogens with one attached hydrogen (secondary N) is 2. The van der Waals surface area contributed by atoms with Gasteiger partial charge >= 0.3 is 0 Å². The normalized spacial score (nSPS) is 16.5. The maximum atomic E-state index is 6.73. The van der Waals surface area contributed by atoms with Crippen LogP contribution in [0.15, 0.2) is 22.3 Å². The number of anilines is 1. The molecule has 3 aromatic heterocycles. The Morgan fingerprint density at radius 2 is 2.06 bits per heavy atom. The van der Waals surface area contributed by atoms with Crippen LogP contribution >= 0.6 is 23.4 Å². The van der Waals surface area contributed by atoms with Crippen LogP contribution in [0.5, 0.6) is 0 Å². The van der Waals surface area contributed by atoms with Crippen LogP contribution in [-0.4, -0.2) is 46.1 Å². The van der Waals surface area contributed by atoms with Gasteiger partial charge in [0, 0.05) is 49.7 Å². The van der Waals surface area contributed by atoms with Crippen LogP contribution in [0.2, 0.25) is 5.02 Å². The molecule has 5 rings (SSSR count). The fourth-order valence-corrected chi connectivity index (χ4v) is 5.64. The zero-order chi connectivity index (χ0) is 21.5. The van der Waals surface area contributed by atoms with Gasteiger partial charge in [-0.3, -0.25) is 4.98 Å². The Labute approximate surface area is 190 Å². The van der Waals surface area contributed by atoms with E-state index in [-0.39, 0.29) is 0 Å². The number of pyridine rings is 1. The summed E-state index contributed by atoms with van der Waals surface area (Å²) in [5.41, 5.74) is 4.06. The minimum atomic E-state index is 0.731. The topological polar surface area (TPSA) is 69.7 Å². The predicted octanol–water partition coefficient (Wildman–Crippen LogP) is 3.10. The summed E-state index contributed by atoms with van der Waals surface area (Å²) < 4.78 is 0. The summed E-state index contributed by atoms with van der Waals surface area (Å²) in [6.45, 7) is 12.1. The number of hydrogen-bond acceptors (Lipinski definition) is 6. The second-order valence-electron chi connectivity index (χ2n) is 7.96. The summed E-state index contributed by atoms with van der Waals surface area (Å²) in [5, 5.41) is 7.99. The van der Waals surface area contributed by atoms with Gasteiger partial charge in [0.1, 0.15) is 11.5 Å². The first kappa shape index (κ1) is 20.5. The lowest BCUT2D eigenvalue weighted by atomic mass is 10.0. The van der Waals surface area contributed by atoms with Gasteiger partial charge in [-0.1, -0.05) is 42.4 Å². The van der Waals surface area contributed by atoms with Crippen molar-refractivity contribution in [3.63, 3.8) is 0 Å². The molecule has 0 aromatic carbocycles. The molecule has 1 aliphatic carbocycles. The molecule has 0 atom stereocenters. The Morgan fingerprint density at radius 1 is 1.26 bits per heavy atom. The van der Waals surface area contributed by atoms with E-state index in [4.69, 9.17) is 21.6 Å². The van der Waals surface area contributed by atoms with Crippen LogP contribution in [0.25, 0.3) is 29.3 Å². The first-order valence-corrected chi connectivity index (χ1v) is 11.8. The third-order valence-corrected chi connectivity index (χ3v) is 7.15. The SMILES string of the molecule is C=c1ccnc2c1=C(C)CC(Sc1nc(N3CCNCC3)c3c(Cl)c(CC)[nH]c3n1)=C2. The van der Waals surface area contributed by atoms with E-state index in [1.54, 1.807) is 11.8 Å². The molecular weight excluding hydrogens is 428 g/mol. The number of hydrogen-bond donors (Lipinski definition) is 2. The molecule has 8 heteroatoms. The van der Waals surface area contributed by atoms with Crippen LogP contribution in [0.1, 0.15) is 31.7 Å². The molecule has 1 aliphatic heterocycles. The monoisotopic (exact) mass is 452 g/mol. The molecular formula is C23H25ClN6S. The number of thioether (sulfide) groups is 1. The van der Waals surface area contributed by atoms with Gasteiger partial charge in [0.25, 0.3) is 0 Å². The molecule has 3 aromatic rings. The van der Waals surface area contributed by atoms with E-state index in [0.717, 1.165) is 87.9 Å². The molecule has 6 nitrogen and oxygen atoms in total. The lowest BCUT2D eigenvalue weighted by Crippen LogP contribution is -2.44. The van der Waals surface area contributed by atoms with Crippen LogP contribution in [-0.2, 0) is 6.42 Å². The zero-order valence-electron chi connectivity index (χ0n) is 17.8. The number of allylic oxidation sites excluding steroid dienone is 1. The third-order valence-electron chi connectivity index (χ3n) is 5.85. The summed E-state index contributed by atoms with van der Waals surface area (Å²) in [7, 11) is 0. The lowest BCUT2D eigenvalue weighted by Gasteiger charge is -2.29. The summed E-state index contributed by atoms with van der Waals surface area (Å²) >= 11 is 8.33. The van der Waals surface area contributed by atoms with E-state index in [9.17, 15) is 0 Å². The number of H-pyrrole nitrogens is 1. The minimum Gasteiger partial charge on any atom is -0.353 e. The number of aryl methyl sites for hydroxylation is 1. The van der Waals surface area contributed by atoms with Gasteiger partial charge in [0.05, 0.1) is 16.1 Å². The Hall–Kier alpha value is -2.35. The number of piperazine rings is 1. The fourth-order valence-electron chi connectivity index (χ4n) is 4.32. The van der Waals surface area contributed by atoms with Crippen molar-refractivity contribution in [2.24, 2.45) is 0 Å². The lowest BCUT2D eigenvalue weighted by molar-refractivity contribution is 0.584. The van der Waals surface area contributed by atoms with Gasteiger partial charge in [0.2, 0.25) is 0 Å². The number of fused-ring (bicyclic) bond motifs is 2. The number of halogens is 1. The number of nitrogens with zero attached hydrogens (tertiary/aromatic N) is 4. The molecule has 0 bridgehead atoms. The second kappa shape index (κ2) is 8.30. The summed E-state index contributed by atoms with van der Waals surface area (Å²) in [5.74, 6) is 0.922. The van der Waals surface area contributed by atoms with E-state index in [1.807, 2.05) is 12.3 Å². The quantitative estimate of drug-likeness (QED) is 0.593. The summed E-state index contributed by atoms with van der Waals surface area (Å²) in [6.07, 6.45) is 5.63. The van der Waals surface area contributed by atoms with Gasteiger partial charge in [0.15, 0.2) is 5.16 Å². The summed E-state index contributed by atoms with van der Waals surface area (Å²) in [6, 6.07) is 1.96. The molecule has 160 valence electrons. The Bertz CT molecular complexity index is 1310. The van der Waals surface area contributed by atoms with Crippen molar-refractivity contribution in [1.29, 1.82) is 0 Å². The molecule has 31 heavy (non-hydrogen) atoms. The van der Waals surface area contributed by atoms with E-state index in [0.29, 0.717) is 0 Å². The van der Waals surface area contributed by atoms with Crippen molar-refractivity contribution >= 4 is 58.4 Å². The fraction of sp³-hybridized carbons (Fsp3) is 0.348. The standard InChI is InChI=1S/C23H25ClN6S/c1-4-16-20(24)19-21(27-16)28-23(29-22(19)30-9-7-25-8-10-30)31-15-11-14(3)18-13(2)5-6-26-17(18)12-15/h5-6,12,25H,2,4,7-11H2,1,3H3,(H,27,28,29). The van der Waals surface area contributed by atoms with Crippen molar-refractivity contribution in [2.75, 3.05) is 31.1 Å². The second-order valence-corrected chi connectivity index (χ2v) is 9.43. The van der Waals surface area contributed by atoms with Crippen molar-refractivity contribution in [3.05, 3.63) is 44.0 Å². The highest BCUT2D eigenvalue weighted by Crippen LogP contribution is 2.38. The van der Waals surface area contributed by atoms with E-state index in [1.165, 1.54) is 10.5 Å². The molecule has 0 radical (unpaired) electrons. The van der Waals surface area contributed by atoms with Crippen molar-refractivity contribution in [2.45, 2.75) is 31.8 Å². The van der Waals surface area contributed by atoms with Gasteiger partial charge in [-0.15, -0.1) is 0 Å². The average Bonchev–Trinajstić information content (AvgIpc) is 3.09. The predicted molar refractivity (Wildman–Crippen MR) is 130 cm³/mol. The Morgan fingerprint density at radius 3 is 2.84 bits per heavy atom. The van der Waals surface area contributed by atoms with Crippen molar-refractivity contribution < 1.29 is 0 Å². The number of rotatable bonds is 4. The highest BCUT2D eigenvalue weighted by Gasteiger charge is 2.23. The Balaban J connectivity index is 1.57. The van der Waals surface area contributed by atoms with Crippen LogP contribution < -0.4 is 20.7 Å². The minimum absolute atomic E-state index is 0.731. The molecule has 2 aliphatic rings. The van der Waals surface area contributed by atoms with E-state index in [2.05, 4.69) is 46.7 Å². The largest absolute Gasteiger partial charge is 0.353 e. The Kier molecular flexibility index (Phi) is 5.50. The van der Waals surface area contributed by atoms with Crippen molar-refractivity contribution in [3.8, 4) is 0 Å². The molecule has 0 spiro atoms. The first-order valence-electron chi connectivity index (χ1n) is 10.6. The van der Waals surface area contributed by atoms with E-state index < -0.39 is 0 Å². The van der Waals surface area contributed by atoms with Gasteiger partial charge in [-0.05, 0) is 35.6 Å². The molecule has 0 amide bonds. The summed E-state index contributed by atoms with van der Waals surface area (Å²) in [4.78, 5) is 21.3. The van der Waals surface area contributed by atoms with Gasteiger partial charge in [-0.2, -0.15) is 0 Å². The highest BCUT2D eigenvalue weighted by molar-refractivity contribution is 8.03. The van der Waals surface area contributed by atoms with Crippen LogP contribution in [0, 0.1) is 0 Å². The molecule has 1 saturated heterocycles. The maximum absolute atomic E-state index is 6.73. The molecule has 1 fully saturated rings. The van der Waals surface area contributed by atoms with Crippen molar-refractivity contribution in [1.82, 2.24) is 25.3 Å². The smallest absolute Gasteiger partial charge is 0.196 e. The van der Waals surface area contributed by atoms with Crippen LogP contribution in [0.3, 0.4) is 0 Å². The maximum Gasteiger partial charge on any atom is 0.196 e. The zero-order valence-corrected chi connectivity index (χ0v) is 19.3.